The van der Waals surface area contributed by atoms with E-state index in [1.807, 2.05) is 6.92 Å². The minimum absolute atomic E-state index is 0.220. The fraction of sp³-hybridized carbons (Fsp3) is 1.00. The molecule has 0 heterocycles. The van der Waals surface area contributed by atoms with Gasteiger partial charge < -0.3 is 10.2 Å². The van der Waals surface area contributed by atoms with Crippen molar-refractivity contribution in [2.45, 2.75) is 25.9 Å². The van der Waals surface area contributed by atoms with Gasteiger partial charge in [-0.15, -0.1) is 0 Å². The summed E-state index contributed by atoms with van der Waals surface area (Å²) in [7, 11) is 0. The van der Waals surface area contributed by atoms with Crippen LogP contribution in [0.15, 0.2) is 0 Å². The van der Waals surface area contributed by atoms with E-state index < -0.39 is 6.10 Å². The second-order valence-electron chi connectivity index (χ2n) is 2.26. The van der Waals surface area contributed by atoms with E-state index in [9.17, 15) is 0 Å². The van der Waals surface area contributed by atoms with Gasteiger partial charge in [-0.25, -0.2) is 9.78 Å². The van der Waals surface area contributed by atoms with Crippen molar-refractivity contribution in [1.82, 2.24) is 0 Å². The van der Waals surface area contributed by atoms with E-state index in [0.29, 0.717) is 6.61 Å². The third-order valence-corrected chi connectivity index (χ3v) is 1.19. The first-order valence-electron chi connectivity index (χ1n) is 3.85. The summed E-state index contributed by atoms with van der Waals surface area (Å²) in [6.07, 6.45) is 1.35. The average Bonchev–Trinajstić information content (AvgIpc) is 2.05. The summed E-state index contributed by atoms with van der Waals surface area (Å²) in [5.74, 6) is 0. The number of hydrogen-bond donors (Lipinski definition) is 2. The number of aliphatic hydroxyl groups is 2. The number of hydrogen-bond acceptors (Lipinski definition) is 4. The molecule has 0 aliphatic heterocycles. The molecule has 0 aromatic rings. The highest BCUT2D eigenvalue weighted by Gasteiger charge is 2.05. The third-order valence-electron chi connectivity index (χ3n) is 1.19. The van der Waals surface area contributed by atoms with Crippen LogP contribution < -0.4 is 0 Å². The SMILES string of the molecule is CCCCOOC(CO)CO. The van der Waals surface area contributed by atoms with Crippen LogP contribution in [0.5, 0.6) is 0 Å². The molecule has 0 radical (unpaired) electrons. The average molecular weight is 164 g/mol. The zero-order chi connectivity index (χ0) is 8.53. The molecule has 0 aromatic heterocycles. The van der Waals surface area contributed by atoms with Crippen LogP contribution >= 0.6 is 0 Å². The number of aliphatic hydroxyl groups excluding tert-OH is 2. The van der Waals surface area contributed by atoms with Crippen LogP contribution in [-0.4, -0.2) is 36.1 Å². The van der Waals surface area contributed by atoms with Crippen LogP contribution in [-0.2, 0) is 9.78 Å². The van der Waals surface area contributed by atoms with Crippen molar-refractivity contribution in [1.29, 1.82) is 0 Å². The topological polar surface area (TPSA) is 58.9 Å². The molecule has 0 fully saturated rings. The first-order valence-corrected chi connectivity index (χ1v) is 3.85. The Morgan fingerprint density at radius 3 is 2.36 bits per heavy atom. The molecule has 0 atom stereocenters. The van der Waals surface area contributed by atoms with Crippen molar-refractivity contribution in [3.63, 3.8) is 0 Å². The van der Waals surface area contributed by atoms with E-state index in [1.54, 1.807) is 0 Å². The van der Waals surface area contributed by atoms with Gasteiger partial charge in [-0.1, -0.05) is 13.3 Å². The van der Waals surface area contributed by atoms with Gasteiger partial charge in [0.15, 0.2) is 0 Å². The molecular formula is C7H16O4. The maximum absolute atomic E-state index is 8.52. The standard InChI is InChI=1S/C7H16O4/c1-2-3-4-10-11-7(5-8)6-9/h7-9H,2-6H2,1H3. The molecule has 68 valence electrons. The van der Waals surface area contributed by atoms with Crippen molar-refractivity contribution >= 4 is 0 Å². The maximum Gasteiger partial charge on any atom is 0.139 e. The van der Waals surface area contributed by atoms with E-state index in [4.69, 9.17) is 15.1 Å². The number of rotatable bonds is 7. The van der Waals surface area contributed by atoms with Gasteiger partial charge in [0.1, 0.15) is 6.10 Å². The minimum atomic E-state index is -0.605. The summed E-state index contributed by atoms with van der Waals surface area (Å²) < 4.78 is 0. The lowest BCUT2D eigenvalue weighted by Gasteiger charge is -2.10. The lowest BCUT2D eigenvalue weighted by Crippen LogP contribution is -2.22. The van der Waals surface area contributed by atoms with Gasteiger partial charge in [-0.3, -0.25) is 0 Å². The molecule has 0 spiro atoms. The molecule has 0 aliphatic carbocycles. The van der Waals surface area contributed by atoms with Crippen LogP contribution in [0.25, 0.3) is 0 Å². The van der Waals surface area contributed by atoms with Crippen LogP contribution in [0, 0.1) is 0 Å². The first-order chi connectivity index (χ1) is 5.35. The van der Waals surface area contributed by atoms with E-state index in [1.165, 1.54) is 0 Å². The highest BCUT2D eigenvalue weighted by molar-refractivity contribution is 4.47. The lowest BCUT2D eigenvalue weighted by atomic mass is 10.4. The smallest absolute Gasteiger partial charge is 0.139 e. The van der Waals surface area contributed by atoms with Gasteiger partial charge >= 0.3 is 0 Å². The van der Waals surface area contributed by atoms with Crippen molar-refractivity contribution in [2.24, 2.45) is 0 Å². The predicted molar refractivity (Wildman–Crippen MR) is 39.9 cm³/mol. The fourth-order valence-corrected chi connectivity index (χ4v) is 0.466. The molecule has 4 heteroatoms. The predicted octanol–water partition coefficient (Wildman–Crippen LogP) is 0.0879. The van der Waals surface area contributed by atoms with Gasteiger partial charge in [-0.05, 0) is 6.42 Å². The monoisotopic (exact) mass is 164 g/mol. The molecule has 0 bridgehead atoms. The molecule has 0 aliphatic rings. The summed E-state index contributed by atoms with van der Waals surface area (Å²) in [5.41, 5.74) is 0. The molecule has 2 N–H and O–H groups in total. The molecule has 0 amide bonds. The highest BCUT2D eigenvalue weighted by Crippen LogP contribution is 1.93. The Bertz CT molecular complexity index is 72.8. The van der Waals surface area contributed by atoms with E-state index in [0.717, 1.165) is 12.8 Å². The molecule has 11 heavy (non-hydrogen) atoms. The molecule has 0 rings (SSSR count). The van der Waals surface area contributed by atoms with Gasteiger partial charge in [0.2, 0.25) is 0 Å². The Labute approximate surface area is 66.7 Å². The summed E-state index contributed by atoms with van der Waals surface area (Å²) in [5, 5.41) is 17.0. The summed E-state index contributed by atoms with van der Waals surface area (Å²) in [6, 6.07) is 0. The Kier molecular flexibility index (Phi) is 7.83. The molecule has 0 saturated carbocycles. The second-order valence-corrected chi connectivity index (χ2v) is 2.26. The zero-order valence-electron chi connectivity index (χ0n) is 6.82. The van der Waals surface area contributed by atoms with Gasteiger partial charge in [0, 0.05) is 0 Å². The van der Waals surface area contributed by atoms with Gasteiger partial charge in [0.25, 0.3) is 0 Å². The number of unbranched alkanes of at least 4 members (excludes halogenated alkanes) is 1. The Morgan fingerprint density at radius 1 is 1.27 bits per heavy atom. The normalized spacial score (nSPS) is 10.9. The second kappa shape index (κ2) is 7.94. The molecule has 0 unspecified atom stereocenters. The largest absolute Gasteiger partial charge is 0.393 e. The molecule has 0 aromatic carbocycles. The molecular weight excluding hydrogens is 148 g/mol. The van der Waals surface area contributed by atoms with Crippen LogP contribution in [0.3, 0.4) is 0 Å². The van der Waals surface area contributed by atoms with Crippen molar-refractivity contribution in [3.8, 4) is 0 Å². The molecule has 0 saturated heterocycles. The Balaban J connectivity index is 3.07. The highest BCUT2D eigenvalue weighted by atomic mass is 17.2. The Hall–Kier alpha value is -0.160. The van der Waals surface area contributed by atoms with Crippen molar-refractivity contribution in [2.75, 3.05) is 19.8 Å². The van der Waals surface area contributed by atoms with E-state index >= 15 is 0 Å². The Morgan fingerprint density at radius 2 is 1.91 bits per heavy atom. The van der Waals surface area contributed by atoms with E-state index in [2.05, 4.69) is 4.89 Å². The first kappa shape index (κ1) is 10.8. The van der Waals surface area contributed by atoms with Crippen LogP contribution in [0.4, 0.5) is 0 Å². The third kappa shape index (κ3) is 6.25. The summed E-state index contributed by atoms with van der Waals surface area (Å²) in [4.78, 5) is 9.34. The van der Waals surface area contributed by atoms with Gasteiger partial charge in [-0.2, -0.15) is 0 Å². The van der Waals surface area contributed by atoms with E-state index in [-0.39, 0.29) is 13.2 Å². The van der Waals surface area contributed by atoms with Crippen LogP contribution in [0.1, 0.15) is 19.8 Å². The fourth-order valence-electron chi connectivity index (χ4n) is 0.466. The summed E-state index contributed by atoms with van der Waals surface area (Å²) >= 11 is 0. The zero-order valence-corrected chi connectivity index (χ0v) is 6.82. The lowest BCUT2D eigenvalue weighted by molar-refractivity contribution is -0.333. The minimum Gasteiger partial charge on any atom is -0.393 e. The maximum atomic E-state index is 8.52. The van der Waals surface area contributed by atoms with Crippen molar-refractivity contribution in [3.05, 3.63) is 0 Å². The van der Waals surface area contributed by atoms with Crippen molar-refractivity contribution < 1.29 is 20.0 Å². The van der Waals surface area contributed by atoms with Gasteiger partial charge in [0.05, 0.1) is 19.8 Å². The molecule has 4 nitrogen and oxygen atoms in total. The van der Waals surface area contributed by atoms with Crippen LogP contribution in [0.2, 0.25) is 0 Å². The summed E-state index contributed by atoms with van der Waals surface area (Å²) in [6.45, 7) is 2.11. The quantitative estimate of drug-likeness (QED) is 0.318.